The molecule has 0 amide bonds. The van der Waals surface area contributed by atoms with Crippen molar-refractivity contribution in [2.45, 2.75) is 18.2 Å². The van der Waals surface area contributed by atoms with Crippen molar-refractivity contribution >= 4 is 11.8 Å². The molecule has 0 aromatic rings. The number of rotatable bonds is 3. The minimum atomic E-state index is 0.174. The molecule has 0 aromatic heterocycles. The van der Waals surface area contributed by atoms with Crippen LogP contribution in [-0.4, -0.2) is 53.3 Å². The molecule has 0 bridgehead atoms. The molecule has 0 spiro atoms. The van der Waals surface area contributed by atoms with Gasteiger partial charge in [-0.05, 0) is 0 Å². The number of hydrogen-bond donors (Lipinski definition) is 2. The third-order valence-electron chi connectivity index (χ3n) is 2.27. The van der Waals surface area contributed by atoms with Gasteiger partial charge in [-0.1, -0.05) is 6.92 Å². The highest BCUT2D eigenvalue weighted by Crippen LogP contribution is 2.18. The summed E-state index contributed by atoms with van der Waals surface area (Å²) >= 11 is 2.00. The summed E-state index contributed by atoms with van der Waals surface area (Å²) in [6.45, 7) is 5.11. The first kappa shape index (κ1) is 10.3. The van der Waals surface area contributed by atoms with Crippen LogP contribution in [0.3, 0.4) is 0 Å². The predicted octanol–water partition coefficient (Wildman–Crippen LogP) is -0.257. The molecule has 2 atom stereocenters. The van der Waals surface area contributed by atoms with E-state index in [2.05, 4.69) is 11.8 Å². The van der Waals surface area contributed by atoms with Crippen LogP contribution in [0.5, 0.6) is 0 Å². The minimum absolute atomic E-state index is 0.174. The van der Waals surface area contributed by atoms with Gasteiger partial charge >= 0.3 is 0 Å². The van der Waals surface area contributed by atoms with Gasteiger partial charge < -0.3 is 10.8 Å². The minimum Gasteiger partial charge on any atom is -0.395 e. The van der Waals surface area contributed by atoms with Crippen LogP contribution in [0.2, 0.25) is 0 Å². The Labute approximate surface area is 78.3 Å². The summed E-state index contributed by atoms with van der Waals surface area (Å²) in [5.41, 5.74) is 5.55. The first-order chi connectivity index (χ1) is 5.77. The molecule has 1 aliphatic heterocycles. The Kier molecular flexibility index (Phi) is 4.35. The van der Waals surface area contributed by atoms with Crippen LogP contribution in [0, 0.1) is 0 Å². The SMILES string of the molecule is CC1CN(C(CN)CO)CCS1. The first-order valence-corrected chi connectivity index (χ1v) is 5.49. The maximum absolute atomic E-state index is 9.04. The summed E-state index contributed by atoms with van der Waals surface area (Å²) in [4.78, 5) is 2.29. The Balaban J connectivity index is 2.38. The van der Waals surface area contributed by atoms with E-state index in [-0.39, 0.29) is 12.6 Å². The zero-order chi connectivity index (χ0) is 8.97. The molecule has 1 aliphatic rings. The topological polar surface area (TPSA) is 49.5 Å². The van der Waals surface area contributed by atoms with Gasteiger partial charge in [-0.25, -0.2) is 0 Å². The molecule has 3 nitrogen and oxygen atoms in total. The Hall–Kier alpha value is 0.230. The average molecular weight is 190 g/mol. The molecule has 1 saturated heterocycles. The molecule has 4 heteroatoms. The molecule has 1 fully saturated rings. The maximum Gasteiger partial charge on any atom is 0.0599 e. The van der Waals surface area contributed by atoms with Gasteiger partial charge in [0.05, 0.1) is 6.61 Å². The lowest BCUT2D eigenvalue weighted by atomic mass is 10.2. The van der Waals surface area contributed by atoms with Gasteiger partial charge in [0, 0.05) is 36.7 Å². The van der Waals surface area contributed by atoms with Crippen LogP contribution >= 0.6 is 11.8 Å². The van der Waals surface area contributed by atoms with Gasteiger partial charge in [0.1, 0.15) is 0 Å². The van der Waals surface area contributed by atoms with Gasteiger partial charge in [0.15, 0.2) is 0 Å². The molecule has 0 saturated carbocycles. The second-order valence-electron chi connectivity index (χ2n) is 3.25. The smallest absolute Gasteiger partial charge is 0.0599 e. The summed E-state index contributed by atoms with van der Waals surface area (Å²) in [6, 6.07) is 0.174. The summed E-state index contributed by atoms with van der Waals surface area (Å²) in [6.07, 6.45) is 0. The second-order valence-corrected chi connectivity index (χ2v) is 4.79. The maximum atomic E-state index is 9.04. The Morgan fingerprint density at radius 3 is 3.00 bits per heavy atom. The van der Waals surface area contributed by atoms with Crippen molar-refractivity contribution in [2.24, 2.45) is 5.73 Å². The normalized spacial score (nSPS) is 28.8. The summed E-state index contributed by atoms with van der Waals surface area (Å²) < 4.78 is 0. The number of aliphatic hydroxyl groups excluding tert-OH is 1. The Morgan fingerprint density at radius 2 is 2.50 bits per heavy atom. The predicted molar refractivity (Wildman–Crippen MR) is 53.4 cm³/mol. The van der Waals surface area contributed by atoms with Gasteiger partial charge in [-0.3, -0.25) is 4.90 Å². The molecular weight excluding hydrogens is 172 g/mol. The second kappa shape index (κ2) is 5.07. The third-order valence-corrected chi connectivity index (χ3v) is 3.41. The van der Waals surface area contributed by atoms with E-state index in [0.29, 0.717) is 11.8 Å². The largest absolute Gasteiger partial charge is 0.395 e. The molecule has 0 aliphatic carbocycles. The van der Waals surface area contributed by atoms with E-state index in [1.807, 2.05) is 11.8 Å². The van der Waals surface area contributed by atoms with Crippen molar-refractivity contribution < 1.29 is 5.11 Å². The zero-order valence-electron chi connectivity index (χ0n) is 7.57. The highest BCUT2D eigenvalue weighted by atomic mass is 32.2. The number of nitrogens with zero attached hydrogens (tertiary/aromatic N) is 1. The van der Waals surface area contributed by atoms with Crippen molar-refractivity contribution in [3.63, 3.8) is 0 Å². The van der Waals surface area contributed by atoms with Crippen LogP contribution in [-0.2, 0) is 0 Å². The molecule has 72 valence electrons. The van der Waals surface area contributed by atoms with Gasteiger partial charge in [-0.15, -0.1) is 0 Å². The van der Waals surface area contributed by atoms with Crippen molar-refractivity contribution in [3.8, 4) is 0 Å². The lowest BCUT2D eigenvalue weighted by molar-refractivity contribution is 0.132. The molecule has 2 unspecified atom stereocenters. The van der Waals surface area contributed by atoms with Gasteiger partial charge in [0.25, 0.3) is 0 Å². The molecule has 1 rings (SSSR count). The van der Waals surface area contributed by atoms with E-state index in [1.165, 1.54) is 0 Å². The van der Waals surface area contributed by atoms with Gasteiger partial charge in [-0.2, -0.15) is 11.8 Å². The fourth-order valence-corrected chi connectivity index (χ4v) is 2.56. The lowest BCUT2D eigenvalue weighted by Gasteiger charge is -2.35. The van der Waals surface area contributed by atoms with E-state index in [4.69, 9.17) is 10.8 Å². The summed E-state index contributed by atoms with van der Waals surface area (Å²) in [7, 11) is 0. The highest BCUT2D eigenvalue weighted by molar-refractivity contribution is 7.99. The number of nitrogens with two attached hydrogens (primary N) is 1. The van der Waals surface area contributed by atoms with Crippen LogP contribution in [0.1, 0.15) is 6.92 Å². The Morgan fingerprint density at radius 1 is 1.75 bits per heavy atom. The average Bonchev–Trinajstić information content (AvgIpc) is 2.07. The van der Waals surface area contributed by atoms with E-state index in [0.717, 1.165) is 18.8 Å². The van der Waals surface area contributed by atoms with Crippen LogP contribution in [0.15, 0.2) is 0 Å². The van der Waals surface area contributed by atoms with Crippen LogP contribution in [0.4, 0.5) is 0 Å². The van der Waals surface area contributed by atoms with Crippen LogP contribution < -0.4 is 5.73 Å². The van der Waals surface area contributed by atoms with E-state index in [1.54, 1.807) is 0 Å². The van der Waals surface area contributed by atoms with E-state index in [9.17, 15) is 0 Å². The van der Waals surface area contributed by atoms with Crippen molar-refractivity contribution in [3.05, 3.63) is 0 Å². The zero-order valence-corrected chi connectivity index (χ0v) is 8.39. The quantitative estimate of drug-likeness (QED) is 0.644. The van der Waals surface area contributed by atoms with Crippen molar-refractivity contribution in [1.82, 2.24) is 4.90 Å². The van der Waals surface area contributed by atoms with E-state index >= 15 is 0 Å². The van der Waals surface area contributed by atoms with Crippen LogP contribution in [0.25, 0.3) is 0 Å². The first-order valence-electron chi connectivity index (χ1n) is 4.44. The molecule has 0 radical (unpaired) electrons. The fraction of sp³-hybridized carbons (Fsp3) is 1.00. The highest BCUT2D eigenvalue weighted by Gasteiger charge is 2.22. The summed E-state index contributed by atoms with van der Waals surface area (Å²) in [5, 5.41) is 9.72. The lowest BCUT2D eigenvalue weighted by Crippen LogP contribution is -2.48. The molecule has 12 heavy (non-hydrogen) atoms. The molecule has 0 aromatic carbocycles. The Bertz CT molecular complexity index is 130. The van der Waals surface area contributed by atoms with Crippen molar-refractivity contribution in [2.75, 3.05) is 32.0 Å². The monoisotopic (exact) mass is 190 g/mol. The molecule has 1 heterocycles. The molecular formula is C8H18N2OS. The molecule has 3 N–H and O–H groups in total. The third kappa shape index (κ3) is 2.62. The number of hydrogen-bond acceptors (Lipinski definition) is 4. The van der Waals surface area contributed by atoms with Crippen molar-refractivity contribution in [1.29, 1.82) is 0 Å². The number of aliphatic hydroxyl groups is 1. The standard InChI is InChI=1S/C8H18N2OS/c1-7-5-10(2-3-12-7)8(4-9)6-11/h7-8,11H,2-6,9H2,1H3. The van der Waals surface area contributed by atoms with E-state index < -0.39 is 0 Å². The number of thioether (sulfide) groups is 1. The summed E-state index contributed by atoms with van der Waals surface area (Å²) in [5.74, 6) is 1.16. The fourth-order valence-electron chi connectivity index (χ4n) is 1.52. The van der Waals surface area contributed by atoms with Gasteiger partial charge in [0.2, 0.25) is 0 Å².